The van der Waals surface area contributed by atoms with E-state index in [0.29, 0.717) is 6.04 Å². The highest BCUT2D eigenvalue weighted by atomic mass is 16.3. The van der Waals surface area contributed by atoms with E-state index < -0.39 is 0 Å². The Kier molecular flexibility index (Phi) is 6.27. The standard InChI is InChI=1S/C18H27NO2/c1-3-5-9-18-16(13-19-14(4-2)11-12-20)15-8-6-7-10-17(15)21-18/h6-8,10,14,19-20H,3-5,9,11-13H2,1-2H3. The van der Waals surface area contributed by atoms with Crippen LogP contribution in [-0.4, -0.2) is 17.8 Å². The summed E-state index contributed by atoms with van der Waals surface area (Å²) < 4.78 is 6.04. The molecule has 0 aliphatic heterocycles. The molecule has 1 unspecified atom stereocenters. The highest BCUT2D eigenvalue weighted by Crippen LogP contribution is 2.27. The molecule has 0 aliphatic rings. The second kappa shape index (κ2) is 8.20. The van der Waals surface area contributed by atoms with Gasteiger partial charge >= 0.3 is 0 Å². The van der Waals surface area contributed by atoms with Gasteiger partial charge in [-0.05, 0) is 25.3 Å². The van der Waals surface area contributed by atoms with Crippen LogP contribution in [0.5, 0.6) is 0 Å². The molecule has 3 nitrogen and oxygen atoms in total. The van der Waals surface area contributed by atoms with E-state index in [-0.39, 0.29) is 6.61 Å². The predicted octanol–water partition coefficient (Wildman–Crippen LogP) is 4.03. The zero-order valence-corrected chi connectivity index (χ0v) is 13.2. The molecule has 116 valence electrons. The van der Waals surface area contributed by atoms with E-state index in [9.17, 15) is 0 Å². The molecule has 1 aromatic heterocycles. The van der Waals surface area contributed by atoms with Crippen molar-refractivity contribution in [2.24, 2.45) is 0 Å². The monoisotopic (exact) mass is 289 g/mol. The summed E-state index contributed by atoms with van der Waals surface area (Å²) in [5.74, 6) is 1.12. The summed E-state index contributed by atoms with van der Waals surface area (Å²) >= 11 is 0. The third-order valence-corrected chi connectivity index (χ3v) is 4.08. The zero-order chi connectivity index (χ0) is 15.1. The van der Waals surface area contributed by atoms with Gasteiger partial charge in [0.15, 0.2) is 0 Å². The van der Waals surface area contributed by atoms with Gasteiger partial charge in [-0.25, -0.2) is 0 Å². The van der Waals surface area contributed by atoms with Gasteiger partial charge in [-0.15, -0.1) is 0 Å². The summed E-state index contributed by atoms with van der Waals surface area (Å²) in [5, 5.41) is 13.9. The minimum absolute atomic E-state index is 0.236. The molecular weight excluding hydrogens is 262 g/mol. The minimum Gasteiger partial charge on any atom is -0.461 e. The van der Waals surface area contributed by atoms with Crippen LogP contribution < -0.4 is 5.32 Å². The van der Waals surface area contributed by atoms with E-state index in [0.717, 1.165) is 43.6 Å². The molecule has 0 amide bonds. The summed E-state index contributed by atoms with van der Waals surface area (Å²) in [6.45, 7) is 5.41. The highest BCUT2D eigenvalue weighted by Gasteiger charge is 2.14. The fraction of sp³-hybridized carbons (Fsp3) is 0.556. The van der Waals surface area contributed by atoms with Crippen LogP contribution in [0.4, 0.5) is 0 Å². The molecule has 1 heterocycles. The molecule has 0 saturated carbocycles. The maximum atomic E-state index is 9.11. The summed E-state index contributed by atoms with van der Waals surface area (Å²) in [7, 11) is 0. The summed E-state index contributed by atoms with van der Waals surface area (Å²) in [4.78, 5) is 0. The Morgan fingerprint density at radius 1 is 1.24 bits per heavy atom. The molecule has 0 spiro atoms. The molecule has 1 aromatic carbocycles. The molecule has 2 N–H and O–H groups in total. The first kappa shape index (κ1) is 16.1. The number of aryl methyl sites for hydroxylation is 1. The maximum Gasteiger partial charge on any atom is 0.134 e. The number of aliphatic hydroxyl groups is 1. The van der Waals surface area contributed by atoms with E-state index >= 15 is 0 Å². The number of para-hydroxylation sites is 1. The molecule has 3 heteroatoms. The van der Waals surface area contributed by atoms with Gasteiger partial charge in [0.05, 0.1) is 0 Å². The lowest BCUT2D eigenvalue weighted by atomic mass is 10.1. The van der Waals surface area contributed by atoms with Crippen LogP contribution in [0.1, 0.15) is 50.9 Å². The summed E-state index contributed by atoms with van der Waals surface area (Å²) in [6, 6.07) is 8.63. The average Bonchev–Trinajstić information content (AvgIpc) is 2.87. The van der Waals surface area contributed by atoms with Crippen molar-refractivity contribution in [1.29, 1.82) is 0 Å². The van der Waals surface area contributed by atoms with Crippen LogP contribution in [0.2, 0.25) is 0 Å². The van der Waals surface area contributed by atoms with Gasteiger partial charge in [-0.1, -0.05) is 38.5 Å². The number of unbranched alkanes of at least 4 members (excludes halogenated alkanes) is 1. The quantitative estimate of drug-likeness (QED) is 0.732. The fourth-order valence-corrected chi connectivity index (χ4v) is 2.74. The number of hydrogen-bond acceptors (Lipinski definition) is 3. The lowest BCUT2D eigenvalue weighted by molar-refractivity contribution is 0.262. The number of fused-ring (bicyclic) bond motifs is 1. The molecule has 0 saturated heterocycles. The average molecular weight is 289 g/mol. The number of furan rings is 1. The van der Waals surface area contributed by atoms with Crippen molar-refractivity contribution in [3.63, 3.8) is 0 Å². The number of benzene rings is 1. The normalized spacial score (nSPS) is 12.9. The van der Waals surface area contributed by atoms with Crippen molar-refractivity contribution >= 4 is 11.0 Å². The van der Waals surface area contributed by atoms with Gasteiger partial charge in [0.2, 0.25) is 0 Å². The second-order valence-corrected chi connectivity index (χ2v) is 5.60. The van der Waals surface area contributed by atoms with Crippen LogP contribution >= 0.6 is 0 Å². The van der Waals surface area contributed by atoms with Crippen LogP contribution in [-0.2, 0) is 13.0 Å². The van der Waals surface area contributed by atoms with Crippen LogP contribution in [0, 0.1) is 0 Å². The lowest BCUT2D eigenvalue weighted by Gasteiger charge is -2.15. The number of nitrogens with one attached hydrogen (secondary N) is 1. The SMILES string of the molecule is CCCCc1oc2ccccc2c1CNC(CC)CCO. The molecule has 21 heavy (non-hydrogen) atoms. The fourth-order valence-electron chi connectivity index (χ4n) is 2.74. The molecule has 0 radical (unpaired) electrons. The molecule has 1 atom stereocenters. The van der Waals surface area contributed by atoms with Crippen LogP contribution in [0.3, 0.4) is 0 Å². The van der Waals surface area contributed by atoms with Gasteiger partial charge in [-0.2, -0.15) is 0 Å². The van der Waals surface area contributed by atoms with Crippen molar-refractivity contribution in [2.45, 2.75) is 58.5 Å². The van der Waals surface area contributed by atoms with E-state index in [1.165, 1.54) is 17.4 Å². The van der Waals surface area contributed by atoms with Gasteiger partial charge < -0.3 is 14.8 Å². The Bertz CT molecular complexity index is 547. The van der Waals surface area contributed by atoms with Gasteiger partial charge in [0.25, 0.3) is 0 Å². The van der Waals surface area contributed by atoms with Crippen molar-refractivity contribution < 1.29 is 9.52 Å². The van der Waals surface area contributed by atoms with E-state index in [4.69, 9.17) is 9.52 Å². The summed E-state index contributed by atoms with van der Waals surface area (Å²) in [6.07, 6.45) is 5.16. The minimum atomic E-state index is 0.236. The van der Waals surface area contributed by atoms with E-state index in [1.54, 1.807) is 0 Å². The largest absolute Gasteiger partial charge is 0.461 e. The maximum absolute atomic E-state index is 9.11. The zero-order valence-electron chi connectivity index (χ0n) is 13.2. The molecule has 0 bridgehead atoms. The van der Waals surface area contributed by atoms with Crippen molar-refractivity contribution in [1.82, 2.24) is 5.32 Å². The first-order chi connectivity index (χ1) is 10.3. The second-order valence-electron chi connectivity index (χ2n) is 5.60. The Hall–Kier alpha value is -1.32. The van der Waals surface area contributed by atoms with Crippen molar-refractivity contribution in [3.05, 3.63) is 35.6 Å². The Morgan fingerprint density at radius 2 is 2.05 bits per heavy atom. The van der Waals surface area contributed by atoms with Crippen molar-refractivity contribution in [2.75, 3.05) is 6.61 Å². The van der Waals surface area contributed by atoms with Crippen LogP contribution in [0.25, 0.3) is 11.0 Å². The van der Waals surface area contributed by atoms with Gasteiger partial charge in [-0.3, -0.25) is 0 Å². The Morgan fingerprint density at radius 3 is 2.76 bits per heavy atom. The van der Waals surface area contributed by atoms with Gasteiger partial charge in [0, 0.05) is 36.6 Å². The molecule has 0 aliphatic carbocycles. The number of rotatable bonds is 9. The van der Waals surface area contributed by atoms with Crippen molar-refractivity contribution in [3.8, 4) is 0 Å². The topological polar surface area (TPSA) is 45.4 Å². The highest BCUT2D eigenvalue weighted by molar-refractivity contribution is 5.82. The summed E-state index contributed by atoms with van der Waals surface area (Å²) in [5.41, 5.74) is 2.27. The molecule has 0 fully saturated rings. The third-order valence-electron chi connectivity index (χ3n) is 4.08. The van der Waals surface area contributed by atoms with E-state index in [2.05, 4.69) is 31.3 Å². The molecule has 2 rings (SSSR count). The molecular formula is C18H27NO2. The third kappa shape index (κ3) is 4.08. The first-order valence-corrected chi connectivity index (χ1v) is 8.13. The first-order valence-electron chi connectivity index (χ1n) is 8.13. The van der Waals surface area contributed by atoms with Gasteiger partial charge in [0.1, 0.15) is 11.3 Å². The van der Waals surface area contributed by atoms with E-state index in [1.807, 2.05) is 12.1 Å². The number of aliphatic hydroxyl groups excluding tert-OH is 1. The molecule has 2 aromatic rings. The van der Waals surface area contributed by atoms with Crippen LogP contribution in [0.15, 0.2) is 28.7 Å². The lowest BCUT2D eigenvalue weighted by Crippen LogP contribution is -2.29. The Labute approximate surface area is 127 Å². The smallest absolute Gasteiger partial charge is 0.134 e. The predicted molar refractivity (Wildman–Crippen MR) is 87.4 cm³/mol. The Balaban J connectivity index is 2.18. The number of hydrogen-bond donors (Lipinski definition) is 2.